The molecule has 2 aliphatic rings. The predicted octanol–water partition coefficient (Wildman–Crippen LogP) is 5.07. The van der Waals surface area contributed by atoms with Gasteiger partial charge in [-0.2, -0.15) is 0 Å². The highest BCUT2D eigenvalue weighted by molar-refractivity contribution is 7.14. The van der Waals surface area contributed by atoms with Gasteiger partial charge in [-0.05, 0) is 57.6 Å². The van der Waals surface area contributed by atoms with Crippen LogP contribution in [0.2, 0.25) is 0 Å². The normalized spacial score (nSPS) is 16.2. The number of benzene rings is 1. The number of anilines is 2. The summed E-state index contributed by atoms with van der Waals surface area (Å²) in [5, 5.41) is 4.89. The van der Waals surface area contributed by atoms with Crippen molar-refractivity contribution in [3.63, 3.8) is 0 Å². The summed E-state index contributed by atoms with van der Waals surface area (Å²) in [5.41, 5.74) is 3.96. The van der Waals surface area contributed by atoms with Crippen molar-refractivity contribution in [3.05, 3.63) is 42.0 Å². The number of hydrogen-bond acceptors (Lipinski definition) is 7. The number of rotatable bonds is 7. The summed E-state index contributed by atoms with van der Waals surface area (Å²) in [5.74, 6) is 0.993. The number of amides is 2. The first-order chi connectivity index (χ1) is 18.0. The molecule has 2 amide bonds. The summed E-state index contributed by atoms with van der Waals surface area (Å²) in [7, 11) is 2.11. The van der Waals surface area contributed by atoms with E-state index in [1.165, 1.54) is 11.3 Å². The molecule has 2 aliphatic heterocycles. The summed E-state index contributed by atoms with van der Waals surface area (Å²) < 4.78 is 5.97. The Morgan fingerprint density at radius 3 is 2.76 bits per heavy atom. The van der Waals surface area contributed by atoms with Crippen molar-refractivity contribution in [2.24, 2.45) is 5.92 Å². The quantitative estimate of drug-likeness (QED) is 0.469. The monoisotopic (exact) mass is 519 g/mol. The smallest absolute Gasteiger partial charge is 0.230 e. The van der Waals surface area contributed by atoms with Gasteiger partial charge in [-0.15, -0.1) is 11.3 Å². The molecule has 2 aromatic heterocycles. The number of hydrogen-bond donors (Lipinski definition) is 1. The van der Waals surface area contributed by atoms with Gasteiger partial charge in [0.15, 0.2) is 0 Å². The topological polar surface area (TPSA) is 87.7 Å². The third-order valence-corrected chi connectivity index (χ3v) is 7.93. The highest BCUT2D eigenvalue weighted by atomic mass is 32.1. The molecule has 1 N–H and O–H groups in total. The first-order valence-corrected chi connectivity index (χ1v) is 13.9. The third kappa shape index (κ3) is 5.83. The lowest BCUT2D eigenvalue weighted by molar-refractivity contribution is -0.124. The summed E-state index contributed by atoms with van der Waals surface area (Å²) in [6.07, 6.45) is 7.66. The number of unbranched alkanes of at least 4 members (excludes halogenated alkanes) is 1. The van der Waals surface area contributed by atoms with Gasteiger partial charge in [-0.1, -0.05) is 19.4 Å². The molecule has 3 aromatic rings. The number of piperidine rings is 1. The number of likely N-dealkylation sites (tertiary alicyclic amines) is 1. The molecule has 4 heterocycles. The van der Waals surface area contributed by atoms with E-state index < -0.39 is 0 Å². The molecule has 0 radical (unpaired) electrons. The van der Waals surface area contributed by atoms with Crippen molar-refractivity contribution >= 4 is 34.5 Å². The molecule has 0 aliphatic carbocycles. The fraction of sp³-hybridized carbons (Fsp3) is 0.429. The average Bonchev–Trinajstić information content (AvgIpc) is 3.40. The SMILES string of the molecule is CCCCC(=O)Nc1csc(-c2cncc(-c3ccc4c(c3)OCCN4C(=O)C3CCN(C)CC3)n2)c1. The molecule has 5 rings (SSSR count). The third-order valence-electron chi connectivity index (χ3n) is 6.98. The van der Waals surface area contributed by atoms with E-state index in [-0.39, 0.29) is 17.7 Å². The zero-order chi connectivity index (χ0) is 25.8. The highest BCUT2D eigenvalue weighted by Gasteiger charge is 2.31. The lowest BCUT2D eigenvalue weighted by Crippen LogP contribution is -2.44. The first kappa shape index (κ1) is 25.4. The van der Waals surface area contributed by atoms with Gasteiger partial charge in [0.25, 0.3) is 0 Å². The minimum absolute atomic E-state index is 0.0310. The van der Waals surface area contributed by atoms with Gasteiger partial charge in [-0.3, -0.25) is 14.6 Å². The fourth-order valence-electron chi connectivity index (χ4n) is 4.80. The fourth-order valence-corrected chi connectivity index (χ4v) is 5.60. The van der Waals surface area contributed by atoms with E-state index in [1.807, 2.05) is 34.5 Å². The van der Waals surface area contributed by atoms with Crippen LogP contribution in [0.4, 0.5) is 11.4 Å². The van der Waals surface area contributed by atoms with Crippen LogP contribution in [0.25, 0.3) is 21.8 Å². The number of thiophene rings is 1. The minimum atomic E-state index is 0.0310. The molecule has 9 heteroatoms. The Morgan fingerprint density at radius 1 is 1.14 bits per heavy atom. The number of fused-ring (bicyclic) bond motifs is 1. The Morgan fingerprint density at radius 2 is 1.95 bits per heavy atom. The summed E-state index contributed by atoms with van der Waals surface area (Å²) in [6.45, 7) is 5.03. The zero-order valence-electron chi connectivity index (χ0n) is 21.4. The maximum Gasteiger partial charge on any atom is 0.230 e. The summed E-state index contributed by atoms with van der Waals surface area (Å²) in [6, 6.07) is 7.82. The van der Waals surface area contributed by atoms with Gasteiger partial charge in [0, 0.05) is 23.3 Å². The molecule has 0 bridgehead atoms. The Balaban J connectivity index is 1.33. The van der Waals surface area contributed by atoms with E-state index in [0.29, 0.717) is 25.3 Å². The first-order valence-electron chi connectivity index (χ1n) is 13.0. The maximum absolute atomic E-state index is 13.3. The van der Waals surface area contributed by atoms with Crippen LogP contribution in [0.5, 0.6) is 5.75 Å². The van der Waals surface area contributed by atoms with Crippen molar-refractivity contribution in [2.75, 3.05) is 43.5 Å². The van der Waals surface area contributed by atoms with Crippen LogP contribution in [0.3, 0.4) is 0 Å². The standard InChI is InChI=1S/C28H33N5O3S/c1-3-4-5-27(34)30-21-15-26(37-18-21)23-17-29-16-22(31-23)20-6-7-24-25(14-20)36-13-12-33(24)28(35)19-8-10-32(2)11-9-19/h6-7,14-19H,3-5,8-13H2,1-2H3,(H,30,34). The lowest BCUT2D eigenvalue weighted by Gasteiger charge is -2.35. The molecule has 37 heavy (non-hydrogen) atoms. The lowest BCUT2D eigenvalue weighted by atomic mass is 9.95. The van der Waals surface area contributed by atoms with Gasteiger partial charge < -0.3 is 19.9 Å². The van der Waals surface area contributed by atoms with Gasteiger partial charge in [-0.25, -0.2) is 4.98 Å². The number of carbonyl (C=O) groups is 2. The molecule has 1 fully saturated rings. The zero-order valence-corrected chi connectivity index (χ0v) is 22.2. The van der Waals surface area contributed by atoms with Crippen molar-refractivity contribution in [2.45, 2.75) is 39.0 Å². The van der Waals surface area contributed by atoms with Gasteiger partial charge in [0.05, 0.1) is 46.6 Å². The van der Waals surface area contributed by atoms with Crippen LogP contribution in [-0.2, 0) is 9.59 Å². The Hall–Kier alpha value is -3.30. The molecule has 0 atom stereocenters. The van der Waals surface area contributed by atoms with Crippen LogP contribution < -0.4 is 15.0 Å². The van der Waals surface area contributed by atoms with Crippen LogP contribution in [0.1, 0.15) is 39.0 Å². The van der Waals surface area contributed by atoms with E-state index in [2.05, 4.69) is 29.2 Å². The van der Waals surface area contributed by atoms with Crippen molar-refractivity contribution in [1.29, 1.82) is 0 Å². The van der Waals surface area contributed by atoms with Crippen molar-refractivity contribution < 1.29 is 14.3 Å². The average molecular weight is 520 g/mol. The number of ether oxygens (including phenoxy) is 1. The molecule has 1 saturated heterocycles. The Labute approximate surface area is 221 Å². The predicted molar refractivity (Wildman–Crippen MR) is 147 cm³/mol. The van der Waals surface area contributed by atoms with E-state index in [1.54, 1.807) is 12.4 Å². The van der Waals surface area contributed by atoms with E-state index in [4.69, 9.17) is 9.72 Å². The van der Waals surface area contributed by atoms with Crippen LogP contribution in [-0.4, -0.2) is 60.0 Å². The van der Waals surface area contributed by atoms with E-state index in [0.717, 1.165) is 72.0 Å². The highest BCUT2D eigenvalue weighted by Crippen LogP contribution is 2.37. The molecule has 0 unspecified atom stereocenters. The van der Waals surface area contributed by atoms with Gasteiger partial charge in [0.1, 0.15) is 12.4 Å². The van der Waals surface area contributed by atoms with Crippen molar-refractivity contribution in [1.82, 2.24) is 14.9 Å². The van der Waals surface area contributed by atoms with E-state index >= 15 is 0 Å². The number of nitrogens with zero attached hydrogens (tertiary/aromatic N) is 4. The Bertz CT molecular complexity index is 1270. The number of carbonyl (C=O) groups excluding carboxylic acids is 2. The minimum Gasteiger partial charge on any atom is -0.490 e. The molecular weight excluding hydrogens is 486 g/mol. The van der Waals surface area contributed by atoms with Gasteiger partial charge in [0.2, 0.25) is 11.8 Å². The van der Waals surface area contributed by atoms with Crippen LogP contribution in [0.15, 0.2) is 42.0 Å². The molecule has 8 nitrogen and oxygen atoms in total. The second-order valence-corrected chi connectivity index (χ2v) is 10.7. The molecule has 194 valence electrons. The van der Waals surface area contributed by atoms with Crippen LogP contribution in [0, 0.1) is 5.92 Å². The molecule has 0 spiro atoms. The second-order valence-electron chi connectivity index (χ2n) is 9.74. The number of nitrogens with one attached hydrogen (secondary N) is 1. The number of aromatic nitrogens is 2. The van der Waals surface area contributed by atoms with Crippen molar-refractivity contribution in [3.8, 4) is 27.6 Å². The Kier molecular flexibility index (Phi) is 7.81. The van der Waals surface area contributed by atoms with Gasteiger partial charge >= 0.3 is 0 Å². The maximum atomic E-state index is 13.3. The molecular formula is C28H33N5O3S. The summed E-state index contributed by atoms with van der Waals surface area (Å²) >= 11 is 1.52. The van der Waals surface area contributed by atoms with Crippen LogP contribution >= 0.6 is 11.3 Å². The summed E-state index contributed by atoms with van der Waals surface area (Å²) in [4.78, 5) is 39.7. The molecule has 0 saturated carbocycles. The van der Waals surface area contributed by atoms with E-state index in [9.17, 15) is 9.59 Å². The largest absolute Gasteiger partial charge is 0.490 e. The molecule has 1 aromatic carbocycles. The second kappa shape index (κ2) is 11.4.